The second-order valence-corrected chi connectivity index (χ2v) is 3.60. The van der Waals surface area contributed by atoms with E-state index < -0.39 is 0 Å². The number of hydrogen-bond acceptors (Lipinski definition) is 2. The molecule has 0 saturated heterocycles. The van der Waals surface area contributed by atoms with Gasteiger partial charge in [-0.05, 0) is 34.5 Å². The van der Waals surface area contributed by atoms with E-state index in [1.807, 2.05) is 33.0 Å². The van der Waals surface area contributed by atoms with Gasteiger partial charge in [0.1, 0.15) is 0 Å². The predicted molar refractivity (Wildman–Crippen MR) is 67.2 cm³/mol. The van der Waals surface area contributed by atoms with Gasteiger partial charge >= 0.3 is 0 Å². The van der Waals surface area contributed by atoms with Crippen LogP contribution >= 0.6 is 12.4 Å². The Morgan fingerprint density at radius 2 is 1.64 bits per heavy atom. The van der Waals surface area contributed by atoms with Gasteiger partial charge < -0.3 is 9.64 Å². The number of nitrogens with zero attached hydrogens (tertiary/aromatic N) is 1. The first-order valence-electron chi connectivity index (χ1n) is 4.90. The molecule has 0 N–H and O–H groups in total. The number of halogens is 1. The van der Waals surface area contributed by atoms with E-state index in [4.69, 9.17) is 4.74 Å². The highest BCUT2D eigenvalue weighted by Crippen LogP contribution is 1.97. The first-order chi connectivity index (χ1) is 6.00. The van der Waals surface area contributed by atoms with E-state index in [-0.39, 0.29) is 12.4 Å². The molecule has 0 spiro atoms. The molecule has 0 bridgehead atoms. The zero-order chi connectivity index (χ0) is 10.7. The Balaban J connectivity index is -0.000000209. The van der Waals surface area contributed by atoms with Crippen molar-refractivity contribution in [1.82, 2.24) is 4.90 Å². The van der Waals surface area contributed by atoms with Gasteiger partial charge in [0.2, 0.25) is 0 Å². The third-order valence-electron chi connectivity index (χ3n) is 1.10. The summed E-state index contributed by atoms with van der Waals surface area (Å²) in [6, 6.07) is 0. The van der Waals surface area contributed by atoms with Crippen LogP contribution in [0.2, 0.25) is 0 Å². The molecular weight excluding hydrogens is 198 g/mol. The van der Waals surface area contributed by atoms with Crippen LogP contribution in [0.25, 0.3) is 0 Å². The molecule has 3 heteroatoms. The third kappa shape index (κ3) is 40.9. The molecule has 0 aliphatic rings. The fourth-order valence-corrected chi connectivity index (χ4v) is 0.598. The van der Waals surface area contributed by atoms with Crippen LogP contribution in [-0.2, 0) is 4.74 Å². The molecule has 0 aromatic rings. The number of ether oxygens (including phenoxy) is 1. The maximum absolute atomic E-state index is 5.15. The van der Waals surface area contributed by atoms with Crippen LogP contribution in [0.1, 0.15) is 33.1 Å². The second kappa shape index (κ2) is 15.3. The molecule has 88 valence electrons. The second-order valence-electron chi connectivity index (χ2n) is 3.60. The topological polar surface area (TPSA) is 12.5 Å². The smallest absolute Gasteiger partial charge is 0.0876 e. The average molecular weight is 224 g/mol. The Morgan fingerprint density at radius 3 is 1.93 bits per heavy atom. The van der Waals surface area contributed by atoms with Gasteiger partial charge in [0.15, 0.2) is 0 Å². The van der Waals surface area contributed by atoms with Crippen molar-refractivity contribution < 1.29 is 4.74 Å². The highest BCUT2D eigenvalue weighted by Gasteiger charge is 1.85. The van der Waals surface area contributed by atoms with Gasteiger partial charge in [0.05, 0.1) is 12.4 Å². The maximum Gasteiger partial charge on any atom is 0.0876 e. The first-order valence-corrected chi connectivity index (χ1v) is 4.90. The molecule has 0 unspecified atom stereocenters. The summed E-state index contributed by atoms with van der Waals surface area (Å²) in [7, 11) is 6.00. The third-order valence-corrected chi connectivity index (χ3v) is 1.10. The summed E-state index contributed by atoms with van der Waals surface area (Å²) in [6.07, 6.45) is 3.66. The molecule has 0 atom stereocenters. The summed E-state index contributed by atoms with van der Waals surface area (Å²) in [4.78, 5) is 2.00. The molecule has 14 heavy (non-hydrogen) atoms. The monoisotopic (exact) mass is 223 g/mol. The van der Waals surface area contributed by atoms with Crippen molar-refractivity contribution in [2.24, 2.45) is 0 Å². The van der Waals surface area contributed by atoms with Crippen LogP contribution < -0.4 is 0 Å². The predicted octanol–water partition coefficient (Wildman–Crippen LogP) is 3.33. The minimum atomic E-state index is 0. The number of allylic oxidation sites excluding steroid dienone is 1. The normalized spacial score (nSPS) is 8.43. The van der Waals surface area contributed by atoms with Crippen molar-refractivity contribution in [1.29, 1.82) is 0 Å². The highest BCUT2D eigenvalue weighted by molar-refractivity contribution is 5.85. The van der Waals surface area contributed by atoms with E-state index in [0.717, 1.165) is 18.8 Å². The fraction of sp³-hybridized carbons (Fsp3) is 0.818. The summed E-state index contributed by atoms with van der Waals surface area (Å²) >= 11 is 0. The van der Waals surface area contributed by atoms with Crippen molar-refractivity contribution >= 4 is 12.4 Å². The van der Waals surface area contributed by atoms with Gasteiger partial charge in [-0.25, -0.2) is 0 Å². The van der Waals surface area contributed by atoms with E-state index >= 15 is 0 Å². The van der Waals surface area contributed by atoms with Crippen LogP contribution in [-0.4, -0.2) is 32.6 Å². The summed E-state index contributed by atoms with van der Waals surface area (Å²) in [5.74, 6) is 0.825. The Kier molecular flexibility index (Phi) is 21.1. The van der Waals surface area contributed by atoms with E-state index in [0.29, 0.717) is 0 Å². The molecule has 0 heterocycles. The number of rotatable bonds is 5. The Hall–Kier alpha value is -0.210. The molecule has 0 aliphatic heterocycles. The number of unbranched alkanes of at least 4 members (excludes halogenated alkanes) is 2. The fourth-order valence-electron chi connectivity index (χ4n) is 0.598. The molecule has 0 rings (SSSR count). The van der Waals surface area contributed by atoms with Crippen molar-refractivity contribution in [3.63, 3.8) is 0 Å². The standard InChI is InChI=1S/C8H16O.C3H9N.ClH/c1-4-5-6-7-9-8(2)3;1-4(2)3;/h2,4-7H2,1,3H3;1-3H3;1H. The van der Waals surface area contributed by atoms with Crippen LogP contribution in [0, 0.1) is 0 Å². The molecular formula is C11H26ClNO. The van der Waals surface area contributed by atoms with Crippen LogP contribution in [0.4, 0.5) is 0 Å². The first kappa shape index (κ1) is 19.4. The van der Waals surface area contributed by atoms with Gasteiger partial charge in [-0.1, -0.05) is 26.3 Å². The molecule has 0 amide bonds. The zero-order valence-electron chi connectivity index (χ0n) is 10.3. The molecule has 0 radical (unpaired) electrons. The lowest BCUT2D eigenvalue weighted by Gasteiger charge is -2.02. The van der Waals surface area contributed by atoms with Gasteiger partial charge in [-0.15, -0.1) is 12.4 Å². The van der Waals surface area contributed by atoms with E-state index in [1.54, 1.807) is 0 Å². The summed E-state index contributed by atoms with van der Waals surface area (Å²) in [5, 5.41) is 0. The molecule has 0 saturated carbocycles. The lowest BCUT2D eigenvalue weighted by Crippen LogP contribution is -1.99. The van der Waals surface area contributed by atoms with Crippen LogP contribution in [0.3, 0.4) is 0 Å². The quantitative estimate of drug-likeness (QED) is 0.524. The van der Waals surface area contributed by atoms with E-state index in [1.165, 1.54) is 12.8 Å². The van der Waals surface area contributed by atoms with Crippen molar-refractivity contribution in [3.05, 3.63) is 12.3 Å². The van der Waals surface area contributed by atoms with Gasteiger partial charge in [-0.2, -0.15) is 0 Å². The minimum absolute atomic E-state index is 0. The lowest BCUT2D eigenvalue weighted by atomic mass is 10.3. The van der Waals surface area contributed by atoms with Crippen molar-refractivity contribution in [3.8, 4) is 0 Å². The summed E-state index contributed by atoms with van der Waals surface area (Å²) in [5.41, 5.74) is 0. The molecule has 2 nitrogen and oxygen atoms in total. The van der Waals surface area contributed by atoms with Crippen molar-refractivity contribution in [2.45, 2.75) is 33.1 Å². The molecule has 0 aromatic heterocycles. The molecule has 0 aliphatic carbocycles. The Labute approximate surface area is 95.7 Å². The lowest BCUT2D eigenvalue weighted by molar-refractivity contribution is 0.209. The van der Waals surface area contributed by atoms with Crippen LogP contribution in [0.5, 0.6) is 0 Å². The van der Waals surface area contributed by atoms with Crippen molar-refractivity contribution in [2.75, 3.05) is 27.7 Å². The highest BCUT2D eigenvalue weighted by atomic mass is 35.5. The largest absolute Gasteiger partial charge is 0.499 e. The van der Waals surface area contributed by atoms with Gasteiger partial charge in [-0.3, -0.25) is 0 Å². The van der Waals surface area contributed by atoms with E-state index in [9.17, 15) is 0 Å². The van der Waals surface area contributed by atoms with Gasteiger partial charge in [0.25, 0.3) is 0 Å². The SMILES string of the molecule is C=C(C)OCCCCC.CN(C)C.Cl. The minimum Gasteiger partial charge on any atom is -0.499 e. The molecule has 0 fully saturated rings. The average Bonchev–Trinajstić information content (AvgIpc) is 1.97. The Bertz CT molecular complexity index is 113. The summed E-state index contributed by atoms with van der Waals surface area (Å²) < 4.78 is 5.15. The van der Waals surface area contributed by atoms with E-state index in [2.05, 4.69) is 13.5 Å². The summed E-state index contributed by atoms with van der Waals surface area (Å²) in [6.45, 7) is 8.53. The maximum atomic E-state index is 5.15. The van der Waals surface area contributed by atoms with Gasteiger partial charge in [0, 0.05) is 0 Å². The zero-order valence-corrected chi connectivity index (χ0v) is 11.1. The Morgan fingerprint density at radius 1 is 1.21 bits per heavy atom. The molecule has 0 aromatic carbocycles. The van der Waals surface area contributed by atoms with Crippen LogP contribution in [0.15, 0.2) is 12.3 Å². The number of hydrogen-bond donors (Lipinski definition) is 0.